The van der Waals surface area contributed by atoms with Gasteiger partial charge in [0.1, 0.15) is 0 Å². The van der Waals surface area contributed by atoms with Crippen LogP contribution in [-0.4, -0.2) is 36.7 Å². The number of nitrogens with zero attached hydrogens (tertiary/aromatic N) is 1. The molecule has 0 bridgehead atoms. The third kappa shape index (κ3) is 5.63. The van der Waals surface area contributed by atoms with Gasteiger partial charge in [0.2, 0.25) is 11.8 Å². The van der Waals surface area contributed by atoms with Gasteiger partial charge in [-0.3, -0.25) is 9.59 Å². The van der Waals surface area contributed by atoms with E-state index in [0.29, 0.717) is 5.75 Å². The average molecular weight is 396 g/mol. The Morgan fingerprint density at radius 1 is 1.07 bits per heavy atom. The predicted octanol–water partition coefficient (Wildman–Crippen LogP) is 3.69. The molecule has 0 radical (unpaired) electrons. The highest BCUT2D eigenvalue weighted by atomic mass is 32.2. The molecule has 5 nitrogen and oxygen atoms in total. The van der Waals surface area contributed by atoms with Gasteiger partial charge in [-0.15, -0.1) is 11.8 Å². The van der Waals surface area contributed by atoms with Crippen LogP contribution in [0, 0.1) is 0 Å². The molecule has 0 saturated carbocycles. The number of thioether (sulfide) groups is 1. The lowest BCUT2D eigenvalue weighted by atomic mass is 10.0. The van der Waals surface area contributed by atoms with E-state index in [4.69, 9.17) is 0 Å². The van der Waals surface area contributed by atoms with Gasteiger partial charge < -0.3 is 15.5 Å². The standard InChI is InChI=1S/C22H25N3O2S/c1-2-21(26)24-19-10-6-7-11-20(19)25-14-12-17(13-15-25)23-22(27)16-28-18-8-4-3-5-9-18/h2-11,17H,1,12-16H2,(H,23,27)(H,24,26). The number of anilines is 2. The van der Waals surface area contributed by atoms with Crippen LogP contribution >= 0.6 is 11.8 Å². The second-order valence-corrected chi connectivity index (χ2v) is 7.69. The molecule has 6 heteroatoms. The van der Waals surface area contributed by atoms with Crippen molar-refractivity contribution in [3.05, 3.63) is 67.3 Å². The lowest BCUT2D eigenvalue weighted by molar-refractivity contribution is -0.119. The van der Waals surface area contributed by atoms with Crippen molar-refractivity contribution >= 4 is 35.0 Å². The van der Waals surface area contributed by atoms with Gasteiger partial charge in [-0.05, 0) is 43.2 Å². The first-order valence-electron chi connectivity index (χ1n) is 9.40. The van der Waals surface area contributed by atoms with Gasteiger partial charge in [0.25, 0.3) is 0 Å². The van der Waals surface area contributed by atoms with Crippen molar-refractivity contribution in [1.29, 1.82) is 0 Å². The number of carbonyl (C=O) groups excluding carboxylic acids is 2. The molecule has 0 aromatic heterocycles. The normalized spacial score (nSPS) is 14.4. The number of rotatable bonds is 7. The van der Waals surface area contributed by atoms with E-state index in [1.54, 1.807) is 11.8 Å². The van der Waals surface area contributed by atoms with Crippen LogP contribution in [0.5, 0.6) is 0 Å². The highest BCUT2D eigenvalue weighted by Crippen LogP contribution is 2.28. The first-order valence-corrected chi connectivity index (χ1v) is 10.4. The maximum Gasteiger partial charge on any atom is 0.247 e. The number of hydrogen-bond acceptors (Lipinski definition) is 4. The Balaban J connectivity index is 1.49. The maximum absolute atomic E-state index is 12.2. The van der Waals surface area contributed by atoms with Crippen molar-refractivity contribution in [2.45, 2.75) is 23.8 Å². The Labute approximate surface area is 170 Å². The number of nitrogens with one attached hydrogen (secondary N) is 2. The Bertz CT molecular complexity index is 818. The fourth-order valence-corrected chi connectivity index (χ4v) is 3.97. The second-order valence-electron chi connectivity index (χ2n) is 6.64. The smallest absolute Gasteiger partial charge is 0.247 e. The van der Waals surface area contributed by atoms with E-state index in [0.717, 1.165) is 42.2 Å². The summed E-state index contributed by atoms with van der Waals surface area (Å²) in [5, 5.41) is 6.01. The maximum atomic E-state index is 12.2. The first kappa shape index (κ1) is 20.0. The lowest BCUT2D eigenvalue weighted by Gasteiger charge is -2.35. The van der Waals surface area contributed by atoms with E-state index < -0.39 is 0 Å². The van der Waals surface area contributed by atoms with E-state index in [1.165, 1.54) is 6.08 Å². The van der Waals surface area contributed by atoms with Crippen molar-refractivity contribution in [1.82, 2.24) is 5.32 Å². The molecule has 1 fully saturated rings. The fraction of sp³-hybridized carbons (Fsp3) is 0.273. The van der Waals surface area contributed by atoms with Crippen LogP contribution in [-0.2, 0) is 9.59 Å². The Hall–Kier alpha value is -2.73. The van der Waals surface area contributed by atoms with Gasteiger partial charge >= 0.3 is 0 Å². The molecule has 2 N–H and O–H groups in total. The highest BCUT2D eigenvalue weighted by molar-refractivity contribution is 8.00. The van der Waals surface area contributed by atoms with Gasteiger partial charge in [0.05, 0.1) is 17.1 Å². The molecule has 3 rings (SSSR count). The van der Waals surface area contributed by atoms with Crippen LogP contribution in [0.4, 0.5) is 11.4 Å². The van der Waals surface area contributed by atoms with Crippen molar-refractivity contribution in [2.24, 2.45) is 0 Å². The van der Waals surface area contributed by atoms with Gasteiger partial charge in [-0.1, -0.05) is 36.9 Å². The molecule has 2 amide bonds. The molecule has 1 heterocycles. The first-order chi connectivity index (χ1) is 13.7. The zero-order valence-corrected chi connectivity index (χ0v) is 16.6. The fourth-order valence-electron chi connectivity index (χ4n) is 3.24. The van der Waals surface area contributed by atoms with Crippen LogP contribution in [0.15, 0.2) is 72.1 Å². The van der Waals surface area contributed by atoms with E-state index >= 15 is 0 Å². The molecule has 0 aliphatic carbocycles. The Morgan fingerprint density at radius 2 is 1.75 bits per heavy atom. The third-order valence-corrected chi connectivity index (χ3v) is 5.67. The minimum atomic E-state index is -0.217. The molecule has 0 spiro atoms. The highest BCUT2D eigenvalue weighted by Gasteiger charge is 2.22. The van der Waals surface area contributed by atoms with Crippen molar-refractivity contribution < 1.29 is 9.59 Å². The van der Waals surface area contributed by atoms with Crippen LogP contribution in [0.3, 0.4) is 0 Å². The minimum Gasteiger partial charge on any atom is -0.370 e. The summed E-state index contributed by atoms with van der Waals surface area (Å²) < 4.78 is 0. The summed E-state index contributed by atoms with van der Waals surface area (Å²) in [6.07, 6.45) is 3.03. The SMILES string of the molecule is C=CC(=O)Nc1ccccc1N1CCC(NC(=O)CSc2ccccc2)CC1. The summed E-state index contributed by atoms with van der Waals surface area (Å²) in [5.41, 5.74) is 1.79. The summed E-state index contributed by atoms with van der Waals surface area (Å²) >= 11 is 1.55. The number of amides is 2. The summed E-state index contributed by atoms with van der Waals surface area (Å²) in [7, 11) is 0. The second kappa shape index (κ2) is 9.99. The van der Waals surface area contributed by atoms with Crippen LogP contribution < -0.4 is 15.5 Å². The number of hydrogen-bond donors (Lipinski definition) is 2. The van der Waals surface area contributed by atoms with E-state index in [9.17, 15) is 9.59 Å². The summed E-state index contributed by atoms with van der Waals surface area (Å²) in [4.78, 5) is 27.3. The number of benzene rings is 2. The Kier molecular flexibility index (Phi) is 7.14. The molecular weight excluding hydrogens is 370 g/mol. The van der Waals surface area contributed by atoms with Crippen molar-refractivity contribution in [3.63, 3.8) is 0 Å². The van der Waals surface area contributed by atoms with Gasteiger partial charge in [0, 0.05) is 24.0 Å². The van der Waals surface area contributed by atoms with Crippen LogP contribution in [0.1, 0.15) is 12.8 Å². The average Bonchev–Trinajstić information content (AvgIpc) is 2.74. The summed E-state index contributed by atoms with van der Waals surface area (Å²) in [6.45, 7) is 5.17. The van der Waals surface area contributed by atoms with E-state index in [-0.39, 0.29) is 17.9 Å². The van der Waals surface area contributed by atoms with E-state index in [1.807, 2.05) is 54.6 Å². The molecule has 0 unspecified atom stereocenters. The summed E-state index contributed by atoms with van der Waals surface area (Å²) in [5.74, 6) is 0.289. The third-order valence-electron chi connectivity index (χ3n) is 4.66. The minimum absolute atomic E-state index is 0.0750. The van der Waals surface area contributed by atoms with Crippen molar-refractivity contribution in [2.75, 3.05) is 29.1 Å². The monoisotopic (exact) mass is 395 g/mol. The summed E-state index contributed by atoms with van der Waals surface area (Å²) in [6, 6.07) is 17.9. The molecule has 1 aliphatic rings. The zero-order valence-electron chi connectivity index (χ0n) is 15.8. The van der Waals surface area contributed by atoms with Crippen LogP contribution in [0.2, 0.25) is 0 Å². The number of piperidine rings is 1. The molecule has 2 aromatic carbocycles. The molecular formula is C22H25N3O2S. The van der Waals surface area contributed by atoms with E-state index in [2.05, 4.69) is 22.1 Å². The number of carbonyl (C=O) groups is 2. The van der Waals surface area contributed by atoms with Gasteiger partial charge in [-0.25, -0.2) is 0 Å². The molecule has 0 atom stereocenters. The molecule has 1 aliphatic heterocycles. The number of para-hydroxylation sites is 2. The lowest BCUT2D eigenvalue weighted by Crippen LogP contribution is -2.45. The molecule has 28 heavy (non-hydrogen) atoms. The molecule has 1 saturated heterocycles. The quantitative estimate of drug-likeness (QED) is 0.554. The zero-order chi connectivity index (χ0) is 19.8. The molecule has 2 aromatic rings. The predicted molar refractivity (Wildman–Crippen MR) is 116 cm³/mol. The van der Waals surface area contributed by atoms with Crippen molar-refractivity contribution in [3.8, 4) is 0 Å². The largest absolute Gasteiger partial charge is 0.370 e. The van der Waals surface area contributed by atoms with Gasteiger partial charge in [-0.2, -0.15) is 0 Å². The van der Waals surface area contributed by atoms with Gasteiger partial charge in [0.15, 0.2) is 0 Å². The molecule has 146 valence electrons. The topological polar surface area (TPSA) is 61.4 Å². The Morgan fingerprint density at radius 3 is 2.46 bits per heavy atom. The van der Waals surface area contributed by atoms with Crippen LogP contribution in [0.25, 0.3) is 0 Å².